The molecule has 1 saturated heterocycles. The Morgan fingerprint density at radius 3 is 2.62 bits per heavy atom. The lowest BCUT2D eigenvalue weighted by atomic mass is 10.1. The van der Waals surface area contributed by atoms with E-state index >= 15 is 0 Å². The summed E-state index contributed by atoms with van der Waals surface area (Å²) in [5.41, 5.74) is 1.95. The van der Waals surface area contributed by atoms with Gasteiger partial charge in [-0.25, -0.2) is 0 Å². The topological polar surface area (TPSA) is 43.8 Å². The monoisotopic (exact) mass is 290 g/mol. The maximum atomic E-state index is 12.6. The quantitative estimate of drug-likeness (QED) is 0.903. The van der Waals surface area contributed by atoms with Gasteiger partial charge >= 0.3 is 0 Å². The first-order valence-corrected chi connectivity index (χ1v) is 7.70. The predicted molar refractivity (Wildman–Crippen MR) is 84.2 cm³/mol. The molecule has 1 aliphatic heterocycles. The van der Waals surface area contributed by atoms with Crippen molar-refractivity contribution in [3.63, 3.8) is 0 Å². The number of aliphatic hydroxyl groups is 1. The molecule has 1 fully saturated rings. The number of amides is 1. The van der Waals surface area contributed by atoms with Crippen LogP contribution in [-0.4, -0.2) is 53.6 Å². The van der Waals surface area contributed by atoms with E-state index in [0.717, 1.165) is 31.5 Å². The number of nitrogens with zero attached hydrogens (tertiary/aromatic N) is 2. The number of rotatable bonds is 5. The molecule has 1 aliphatic rings. The Hall–Kier alpha value is -1.39. The van der Waals surface area contributed by atoms with E-state index in [1.54, 1.807) is 6.92 Å². The van der Waals surface area contributed by atoms with Gasteiger partial charge in [-0.15, -0.1) is 0 Å². The van der Waals surface area contributed by atoms with Gasteiger partial charge < -0.3 is 14.9 Å². The summed E-state index contributed by atoms with van der Waals surface area (Å²) in [6.45, 7) is 3.47. The van der Waals surface area contributed by atoms with E-state index in [4.69, 9.17) is 0 Å². The summed E-state index contributed by atoms with van der Waals surface area (Å²) in [6.07, 6.45) is 2.34. The molecule has 2 atom stereocenters. The lowest BCUT2D eigenvalue weighted by Gasteiger charge is -2.26. The molecule has 1 amide bonds. The van der Waals surface area contributed by atoms with E-state index in [0.29, 0.717) is 6.42 Å². The second kappa shape index (κ2) is 7.05. The third kappa shape index (κ3) is 4.29. The van der Waals surface area contributed by atoms with Crippen molar-refractivity contribution in [2.75, 3.05) is 20.6 Å². The van der Waals surface area contributed by atoms with Gasteiger partial charge in [0, 0.05) is 24.7 Å². The molecule has 4 nitrogen and oxygen atoms in total. The minimum atomic E-state index is -0.356. The highest BCUT2D eigenvalue weighted by Crippen LogP contribution is 2.23. The van der Waals surface area contributed by atoms with Gasteiger partial charge in [-0.2, -0.15) is 0 Å². The van der Waals surface area contributed by atoms with Crippen molar-refractivity contribution >= 4 is 5.91 Å². The second-order valence-corrected chi connectivity index (χ2v) is 6.31. The summed E-state index contributed by atoms with van der Waals surface area (Å²) >= 11 is 0. The molecule has 1 aromatic rings. The molecule has 116 valence electrons. The first-order valence-electron chi connectivity index (χ1n) is 7.70. The van der Waals surface area contributed by atoms with Crippen LogP contribution in [0.4, 0.5) is 0 Å². The molecule has 1 aromatic carbocycles. The summed E-state index contributed by atoms with van der Waals surface area (Å²) < 4.78 is 0. The highest BCUT2D eigenvalue weighted by Gasteiger charge is 2.29. The van der Waals surface area contributed by atoms with Crippen molar-refractivity contribution in [1.29, 1.82) is 0 Å². The molecule has 0 radical (unpaired) electrons. The molecular weight excluding hydrogens is 264 g/mol. The van der Waals surface area contributed by atoms with Gasteiger partial charge in [-0.1, -0.05) is 12.1 Å². The van der Waals surface area contributed by atoms with E-state index in [9.17, 15) is 9.90 Å². The SMILES string of the molecule is CC(O)CC1CCCN1C(=O)c1ccc(CN(C)C)cc1. The van der Waals surface area contributed by atoms with Crippen LogP contribution in [0.5, 0.6) is 0 Å². The maximum absolute atomic E-state index is 12.6. The van der Waals surface area contributed by atoms with E-state index in [1.807, 2.05) is 43.3 Å². The van der Waals surface area contributed by atoms with Crippen molar-refractivity contribution in [1.82, 2.24) is 9.80 Å². The molecule has 4 heteroatoms. The molecule has 1 heterocycles. The zero-order valence-corrected chi connectivity index (χ0v) is 13.2. The largest absolute Gasteiger partial charge is 0.393 e. The summed E-state index contributed by atoms with van der Waals surface area (Å²) in [6, 6.07) is 8.05. The van der Waals surface area contributed by atoms with Gasteiger partial charge in [0.05, 0.1) is 6.10 Å². The van der Waals surface area contributed by atoms with Crippen LogP contribution in [0.3, 0.4) is 0 Å². The number of likely N-dealkylation sites (tertiary alicyclic amines) is 1. The minimum Gasteiger partial charge on any atom is -0.393 e. The van der Waals surface area contributed by atoms with Crippen LogP contribution >= 0.6 is 0 Å². The van der Waals surface area contributed by atoms with Crippen molar-refractivity contribution in [3.8, 4) is 0 Å². The molecular formula is C17H26N2O2. The van der Waals surface area contributed by atoms with E-state index in [-0.39, 0.29) is 18.1 Å². The minimum absolute atomic E-state index is 0.0922. The van der Waals surface area contributed by atoms with Crippen molar-refractivity contribution in [2.45, 2.75) is 44.9 Å². The number of carbonyl (C=O) groups excluding carboxylic acids is 1. The Balaban J connectivity index is 2.05. The highest BCUT2D eigenvalue weighted by atomic mass is 16.3. The zero-order chi connectivity index (χ0) is 15.4. The average Bonchev–Trinajstić information content (AvgIpc) is 2.85. The van der Waals surface area contributed by atoms with Crippen LogP contribution in [0.15, 0.2) is 24.3 Å². The normalized spacial score (nSPS) is 20.0. The zero-order valence-electron chi connectivity index (χ0n) is 13.2. The number of benzene rings is 1. The third-order valence-corrected chi connectivity index (χ3v) is 3.95. The standard InChI is InChI=1S/C17H26N2O2/c1-13(20)11-16-5-4-10-19(16)17(21)15-8-6-14(7-9-15)12-18(2)3/h6-9,13,16,20H,4-5,10-12H2,1-3H3. The summed E-state index contributed by atoms with van der Waals surface area (Å²) in [5, 5.41) is 9.56. The molecule has 0 saturated carbocycles. The fraction of sp³-hybridized carbons (Fsp3) is 0.588. The highest BCUT2D eigenvalue weighted by molar-refractivity contribution is 5.94. The van der Waals surface area contributed by atoms with Crippen molar-refractivity contribution in [2.24, 2.45) is 0 Å². The van der Waals surface area contributed by atoms with E-state index in [1.165, 1.54) is 5.56 Å². The molecule has 0 spiro atoms. The van der Waals surface area contributed by atoms with Crippen LogP contribution < -0.4 is 0 Å². The predicted octanol–water partition coefficient (Wildman–Crippen LogP) is 2.12. The fourth-order valence-electron chi connectivity index (χ4n) is 3.03. The third-order valence-electron chi connectivity index (χ3n) is 3.95. The van der Waals surface area contributed by atoms with Gasteiger partial charge in [0.25, 0.3) is 5.91 Å². The van der Waals surface area contributed by atoms with Gasteiger partial charge in [-0.3, -0.25) is 4.79 Å². The molecule has 0 bridgehead atoms. The number of hydrogen-bond acceptors (Lipinski definition) is 3. The molecule has 1 N–H and O–H groups in total. The van der Waals surface area contributed by atoms with Crippen LogP contribution in [-0.2, 0) is 6.54 Å². The Morgan fingerprint density at radius 1 is 1.38 bits per heavy atom. The Labute approximate surface area is 127 Å². The first-order chi connectivity index (χ1) is 9.97. The number of aliphatic hydroxyl groups excluding tert-OH is 1. The van der Waals surface area contributed by atoms with Crippen molar-refractivity contribution < 1.29 is 9.90 Å². The summed E-state index contributed by atoms with van der Waals surface area (Å²) in [4.78, 5) is 16.6. The van der Waals surface area contributed by atoms with Gasteiger partial charge in [0.15, 0.2) is 0 Å². The number of carbonyl (C=O) groups is 1. The summed E-state index contributed by atoms with van der Waals surface area (Å²) in [7, 11) is 4.06. The summed E-state index contributed by atoms with van der Waals surface area (Å²) in [5.74, 6) is 0.0922. The average molecular weight is 290 g/mol. The Morgan fingerprint density at radius 2 is 2.05 bits per heavy atom. The molecule has 2 rings (SSSR count). The van der Waals surface area contributed by atoms with Gasteiger partial charge in [-0.05, 0) is 58.0 Å². The van der Waals surface area contributed by atoms with Crippen LogP contribution in [0.2, 0.25) is 0 Å². The Kier molecular flexibility index (Phi) is 5.37. The van der Waals surface area contributed by atoms with Crippen LogP contribution in [0.25, 0.3) is 0 Å². The van der Waals surface area contributed by atoms with E-state index < -0.39 is 0 Å². The van der Waals surface area contributed by atoms with Crippen molar-refractivity contribution in [3.05, 3.63) is 35.4 Å². The van der Waals surface area contributed by atoms with Gasteiger partial charge in [0.1, 0.15) is 0 Å². The second-order valence-electron chi connectivity index (χ2n) is 6.31. The smallest absolute Gasteiger partial charge is 0.254 e. The van der Waals surface area contributed by atoms with Gasteiger partial charge in [0.2, 0.25) is 0 Å². The Bertz CT molecular complexity index is 468. The molecule has 2 unspecified atom stereocenters. The van der Waals surface area contributed by atoms with Crippen LogP contribution in [0.1, 0.15) is 42.1 Å². The fourth-order valence-corrected chi connectivity index (χ4v) is 3.03. The lowest BCUT2D eigenvalue weighted by Crippen LogP contribution is -2.37. The van der Waals surface area contributed by atoms with E-state index in [2.05, 4.69) is 4.90 Å². The maximum Gasteiger partial charge on any atom is 0.254 e. The van der Waals surface area contributed by atoms with Crippen LogP contribution in [0, 0.1) is 0 Å². The lowest BCUT2D eigenvalue weighted by molar-refractivity contribution is 0.0682. The first kappa shape index (κ1) is 16.0. The molecule has 21 heavy (non-hydrogen) atoms. The molecule has 0 aromatic heterocycles. The molecule has 0 aliphatic carbocycles. The number of hydrogen-bond donors (Lipinski definition) is 1.